The van der Waals surface area contributed by atoms with Gasteiger partial charge in [-0.3, -0.25) is 9.20 Å². The topological polar surface area (TPSA) is 63.0 Å². The average Bonchev–Trinajstić information content (AvgIpc) is 2.73. The van der Waals surface area contributed by atoms with Crippen molar-refractivity contribution in [2.24, 2.45) is 0 Å². The molecule has 2 heterocycles. The quantitative estimate of drug-likeness (QED) is 0.667. The number of fused-ring (bicyclic) bond motifs is 3. The number of hydrogen-bond donors (Lipinski definition) is 1. The molecule has 7 heteroatoms. The summed E-state index contributed by atoms with van der Waals surface area (Å²) in [4.78, 5) is 14.3. The van der Waals surface area contributed by atoms with E-state index in [1.807, 2.05) is 0 Å². The van der Waals surface area contributed by atoms with Gasteiger partial charge in [0, 0.05) is 0 Å². The molecule has 3 rings (SSSR count). The van der Waals surface area contributed by atoms with E-state index in [0.29, 0.717) is 21.1 Å². The normalized spacial score (nSPS) is 11.4. The van der Waals surface area contributed by atoms with Crippen LogP contribution in [0.2, 0.25) is 10.0 Å². The fourth-order valence-electron chi connectivity index (χ4n) is 1.62. The lowest BCUT2D eigenvalue weighted by Gasteiger charge is -2.04. The summed E-state index contributed by atoms with van der Waals surface area (Å²) < 4.78 is 1.52. The van der Waals surface area contributed by atoms with Gasteiger partial charge in [-0.05, 0) is 12.1 Å². The van der Waals surface area contributed by atoms with E-state index < -0.39 is 0 Å². The Bertz CT molecular complexity index is 761. The number of halogens is 2. The predicted octanol–water partition coefficient (Wildman–Crippen LogP) is 1.88. The van der Waals surface area contributed by atoms with E-state index in [4.69, 9.17) is 23.2 Å². The van der Waals surface area contributed by atoms with Gasteiger partial charge in [0.15, 0.2) is 0 Å². The Balaban J connectivity index is 2.75. The predicted molar refractivity (Wildman–Crippen MR) is 61.1 cm³/mol. The van der Waals surface area contributed by atoms with Crippen LogP contribution < -0.4 is 5.56 Å². The van der Waals surface area contributed by atoms with Crippen molar-refractivity contribution in [1.82, 2.24) is 19.6 Å². The second-order valence-corrected chi connectivity index (χ2v) is 4.05. The molecule has 0 atom stereocenters. The van der Waals surface area contributed by atoms with Crippen LogP contribution in [0.25, 0.3) is 16.7 Å². The van der Waals surface area contributed by atoms with Gasteiger partial charge in [-0.1, -0.05) is 23.2 Å². The molecule has 0 aliphatic rings. The molecule has 3 aromatic rings. The van der Waals surface area contributed by atoms with E-state index in [2.05, 4.69) is 15.2 Å². The summed E-state index contributed by atoms with van der Waals surface area (Å²) in [5, 5.41) is 8.28. The standard InChI is InChI=1S/C9H4Cl2N4O/c10-4-1-2-5(11)7-6(4)13-9(16)8-14-12-3-15(7)8/h1-3H,(H,13,16). The molecule has 0 aliphatic carbocycles. The Kier molecular flexibility index (Phi) is 1.92. The van der Waals surface area contributed by atoms with Gasteiger partial charge in [0.1, 0.15) is 6.33 Å². The van der Waals surface area contributed by atoms with Gasteiger partial charge in [-0.2, -0.15) is 0 Å². The summed E-state index contributed by atoms with van der Waals surface area (Å²) >= 11 is 12.0. The minimum absolute atomic E-state index is 0.191. The Labute approximate surface area is 98.6 Å². The number of nitrogens with zero attached hydrogens (tertiary/aromatic N) is 3. The van der Waals surface area contributed by atoms with Crippen molar-refractivity contribution in [2.75, 3.05) is 0 Å². The minimum Gasteiger partial charge on any atom is -0.316 e. The monoisotopic (exact) mass is 254 g/mol. The fraction of sp³-hybridized carbons (Fsp3) is 0. The first-order valence-electron chi connectivity index (χ1n) is 4.38. The maximum atomic E-state index is 11.6. The van der Waals surface area contributed by atoms with Gasteiger partial charge >= 0.3 is 0 Å². The average molecular weight is 255 g/mol. The van der Waals surface area contributed by atoms with Crippen molar-refractivity contribution in [3.05, 3.63) is 38.9 Å². The van der Waals surface area contributed by atoms with Gasteiger partial charge in [-0.15, -0.1) is 10.2 Å². The van der Waals surface area contributed by atoms with Crippen LogP contribution in [0.1, 0.15) is 0 Å². The summed E-state index contributed by atoms with van der Waals surface area (Å²) in [5.74, 6) is 0. The van der Waals surface area contributed by atoms with Crippen LogP contribution in [0, 0.1) is 0 Å². The Morgan fingerprint density at radius 3 is 2.81 bits per heavy atom. The molecular weight excluding hydrogens is 251 g/mol. The van der Waals surface area contributed by atoms with Gasteiger partial charge in [0.25, 0.3) is 5.56 Å². The summed E-state index contributed by atoms with van der Waals surface area (Å²) in [7, 11) is 0. The van der Waals surface area contributed by atoms with Gasteiger partial charge in [-0.25, -0.2) is 0 Å². The molecular formula is C9H4Cl2N4O. The van der Waals surface area contributed by atoms with Crippen LogP contribution in [-0.4, -0.2) is 19.6 Å². The zero-order chi connectivity index (χ0) is 11.3. The first kappa shape index (κ1) is 9.62. The van der Waals surface area contributed by atoms with Crippen molar-refractivity contribution in [3.8, 4) is 0 Å². The molecule has 0 fully saturated rings. The Morgan fingerprint density at radius 1 is 1.25 bits per heavy atom. The van der Waals surface area contributed by atoms with Crippen molar-refractivity contribution in [1.29, 1.82) is 0 Å². The third-order valence-corrected chi connectivity index (χ3v) is 2.93. The minimum atomic E-state index is -0.353. The number of aromatic nitrogens is 4. The summed E-state index contributed by atoms with van der Waals surface area (Å²) in [6.45, 7) is 0. The van der Waals surface area contributed by atoms with Crippen LogP contribution in [0.5, 0.6) is 0 Å². The van der Waals surface area contributed by atoms with Crippen molar-refractivity contribution >= 4 is 39.9 Å². The maximum Gasteiger partial charge on any atom is 0.294 e. The van der Waals surface area contributed by atoms with E-state index >= 15 is 0 Å². The van der Waals surface area contributed by atoms with Gasteiger partial charge in [0.05, 0.1) is 21.1 Å². The first-order chi connectivity index (χ1) is 7.68. The lowest BCUT2D eigenvalue weighted by Crippen LogP contribution is -2.11. The highest BCUT2D eigenvalue weighted by Crippen LogP contribution is 2.27. The summed E-state index contributed by atoms with van der Waals surface area (Å²) in [6.07, 6.45) is 1.43. The van der Waals surface area contributed by atoms with E-state index in [0.717, 1.165) is 0 Å². The molecule has 80 valence electrons. The molecule has 0 radical (unpaired) electrons. The molecule has 0 bridgehead atoms. The number of benzene rings is 1. The SMILES string of the molecule is O=c1[nH]c2c(Cl)ccc(Cl)c2n2cnnc12. The second kappa shape index (κ2) is 3.20. The molecule has 5 nitrogen and oxygen atoms in total. The van der Waals surface area contributed by atoms with Gasteiger partial charge in [0.2, 0.25) is 5.65 Å². The zero-order valence-corrected chi connectivity index (χ0v) is 9.25. The van der Waals surface area contributed by atoms with E-state index in [1.165, 1.54) is 10.7 Å². The smallest absolute Gasteiger partial charge is 0.294 e. The molecule has 0 unspecified atom stereocenters. The van der Waals surface area contributed by atoms with E-state index in [1.54, 1.807) is 12.1 Å². The summed E-state index contributed by atoms with van der Waals surface area (Å²) in [6, 6.07) is 3.28. The van der Waals surface area contributed by atoms with Gasteiger partial charge < -0.3 is 4.98 Å². The Hall–Kier alpha value is -1.59. The molecule has 2 aromatic heterocycles. The molecule has 1 aromatic carbocycles. The highest BCUT2D eigenvalue weighted by Gasteiger charge is 2.11. The maximum absolute atomic E-state index is 11.6. The number of aromatic amines is 1. The number of H-pyrrole nitrogens is 1. The van der Waals surface area contributed by atoms with E-state index in [-0.39, 0.29) is 11.2 Å². The van der Waals surface area contributed by atoms with Crippen molar-refractivity contribution in [2.45, 2.75) is 0 Å². The number of rotatable bonds is 0. The molecule has 0 aliphatic heterocycles. The lowest BCUT2D eigenvalue weighted by atomic mass is 10.3. The molecule has 0 spiro atoms. The Morgan fingerprint density at radius 2 is 2.00 bits per heavy atom. The van der Waals surface area contributed by atoms with Crippen molar-refractivity contribution < 1.29 is 0 Å². The molecule has 1 N–H and O–H groups in total. The third-order valence-electron chi connectivity index (χ3n) is 2.31. The highest BCUT2D eigenvalue weighted by molar-refractivity contribution is 6.39. The second-order valence-electron chi connectivity index (χ2n) is 3.23. The van der Waals surface area contributed by atoms with Crippen LogP contribution >= 0.6 is 23.2 Å². The molecule has 0 saturated heterocycles. The van der Waals surface area contributed by atoms with Crippen LogP contribution in [0.15, 0.2) is 23.3 Å². The van der Waals surface area contributed by atoms with Crippen LogP contribution in [0.3, 0.4) is 0 Å². The highest BCUT2D eigenvalue weighted by atomic mass is 35.5. The molecule has 0 amide bonds. The lowest BCUT2D eigenvalue weighted by molar-refractivity contribution is 1.11. The van der Waals surface area contributed by atoms with Crippen LogP contribution in [0.4, 0.5) is 0 Å². The van der Waals surface area contributed by atoms with E-state index in [9.17, 15) is 4.79 Å². The van der Waals surface area contributed by atoms with Crippen LogP contribution in [-0.2, 0) is 0 Å². The number of hydrogen-bond acceptors (Lipinski definition) is 3. The first-order valence-corrected chi connectivity index (χ1v) is 5.14. The fourth-order valence-corrected chi connectivity index (χ4v) is 2.07. The van der Waals surface area contributed by atoms with Crippen molar-refractivity contribution in [3.63, 3.8) is 0 Å². The third kappa shape index (κ3) is 1.15. The number of nitrogens with one attached hydrogen (secondary N) is 1. The molecule has 16 heavy (non-hydrogen) atoms. The zero-order valence-electron chi connectivity index (χ0n) is 7.74. The molecule has 0 saturated carbocycles. The summed E-state index contributed by atoms with van der Waals surface area (Å²) in [5.41, 5.74) is 0.908. The largest absolute Gasteiger partial charge is 0.316 e.